The predicted molar refractivity (Wildman–Crippen MR) is 94.9 cm³/mol. The molecule has 23 heavy (non-hydrogen) atoms. The molecule has 3 nitrogen and oxygen atoms in total. The van der Waals surface area contributed by atoms with Crippen LogP contribution in [0.25, 0.3) is 0 Å². The monoisotopic (exact) mass is 330 g/mol. The highest BCUT2D eigenvalue weighted by Gasteiger charge is 2.21. The van der Waals surface area contributed by atoms with E-state index in [4.69, 9.17) is 17.0 Å². The lowest BCUT2D eigenvalue weighted by Gasteiger charge is -2.37. The smallest absolute Gasteiger partial charge is 0.146 e. The van der Waals surface area contributed by atoms with Gasteiger partial charge in [-0.2, -0.15) is 0 Å². The number of halogens is 1. The van der Waals surface area contributed by atoms with Crippen molar-refractivity contribution in [3.8, 4) is 5.75 Å². The molecule has 0 spiro atoms. The largest absolute Gasteiger partial charge is 0.497 e. The number of anilines is 1. The van der Waals surface area contributed by atoms with Crippen molar-refractivity contribution in [2.75, 3.05) is 38.2 Å². The second-order valence-electron chi connectivity index (χ2n) is 5.46. The van der Waals surface area contributed by atoms with Gasteiger partial charge in [-0.05, 0) is 36.4 Å². The Morgan fingerprint density at radius 1 is 1.00 bits per heavy atom. The molecule has 1 aliphatic rings. The lowest BCUT2D eigenvalue weighted by Crippen LogP contribution is -2.48. The van der Waals surface area contributed by atoms with E-state index in [-0.39, 0.29) is 5.82 Å². The Kier molecular flexibility index (Phi) is 4.76. The maximum atomic E-state index is 13.9. The molecule has 1 saturated heterocycles. The van der Waals surface area contributed by atoms with Crippen LogP contribution in [0.5, 0.6) is 5.75 Å². The Hall–Kier alpha value is -2.14. The van der Waals surface area contributed by atoms with Crippen molar-refractivity contribution in [1.29, 1.82) is 0 Å². The molecule has 0 aromatic heterocycles. The molecule has 1 aliphatic heterocycles. The molecule has 1 heterocycles. The molecule has 0 saturated carbocycles. The lowest BCUT2D eigenvalue weighted by molar-refractivity contribution is 0.390. The zero-order valence-corrected chi connectivity index (χ0v) is 13.9. The van der Waals surface area contributed by atoms with Gasteiger partial charge in [0.2, 0.25) is 0 Å². The highest BCUT2D eigenvalue weighted by atomic mass is 32.1. The first-order chi connectivity index (χ1) is 11.2. The Morgan fingerprint density at radius 3 is 2.26 bits per heavy atom. The molecule has 0 bridgehead atoms. The summed E-state index contributed by atoms with van der Waals surface area (Å²) in [5, 5.41) is 0. The quantitative estimate of drug-likeness (QED) is 0.802. The standard InChI is InChI=1S/C18H19FN2OS/c1-22-15-8-6-14(7-9-15)18(23)21-12-10-20(11-13-21)17-5-3-2-4-16(17)19/h2-9H,10-13H2,1H3. The van der Waals surface area contributed by atoms with Crippen molar-refractivity contribution in [1.82, 2.24) is 4.90 Å². The predicted octanol–water partition coefficient (Wildman–Crippen LogP) is 3.33. The number of rotatable bonds is 3. The maximum absolute atomic E-state index is 13.9. The number of para-hydroxylation sites is 1. The summed E-state index contributed by atoms with van der Waals surface area (Å²) in [5.41, 5.74) is 1.68. The van der Waals surface area contributed by atoms with Crippen LogP contribution in [-0.2, 0) is 0 Å². The minimum absolute atomic E-state index is 0.168. The van der Waals surface area contributed by atoms with E-state index in [2.05, 4.69) is 9.80 Å². The van der Waals surface area contributed by atoms with Gasteiger partial charge in [-0.3, -0.25) is 0 Å². The van der Waals surface area contributed by atoms with Gasteiger partial charge in [-0.1, -0.05) is 24.4 Å². The van der Waals surface area contributed by atoms with Crippen LogP contribution in [0, 0.1) is 5.82 Å². The molecule has 3 rings (SSSR count). The van der Waals surface area contributed by atoms with Gasteiger partial charge >= 0.3 is 0 Å². The minimum Gasteiger partial charge on any atom is -0.497 e. The second kappa shape index (κ2) is 6.96. The Labute approximate surface area is 141 Å². The molecular formula is C18H19FN2OS. The highest BCUT2D eigenvalue weighted by molar-refractivity contribution is 7.80. The molecule has 0 radical (unpaired) electrons. The van der Waals surface area contributed by atoms with E-state index in [1.54, 1.807) is 13.2 Å². The number of thiocarbonyl (C=S) groups is 1. The highest BCUT2D eigenvalue weighted by Crippen LogP contribution is 2.21. The van der Waals surface area contributed by atoms with Gasteiger partial charge in [0.15, 0.2) is 0 Å². The molecule has 2 aromatic carbocycles. The van der Waals surface area contributed by atoms with Gasteiger partial charge in [0, 0.05) is 31.7 Å². The SMILES string of the molecule is COc1ccc(C(=S)N2CCN(c3ccccc3F)CC2)cc1. The van der Waals surface area contributed by atoms with Crippen LogP contribution in [0.15, 0.2) is 48.5 Å². The van der Waals surface area contributed by atoms with Gasteiger partial charge in [0.1, 0.15) is 16.6 Å². The van der Waals surface area contributed by atoms with Crippen LogP contribution in [0.3, 0.4) is 0 Å². The number of piperazine rings is 1. The Balaban J connectivity index is 1.64. The molecule has 0 aliphatic carbocycles. The first kappa shape index (κ1) is 15.7. The summed E-state index contributed by atoms with van der Waals surface area (Å²) in [4.78, 5) is 5.08. The number of ether oxygens (including phenoxy) is 1. The molecule has 0 amide bonds. The first-order valence-electron chi connectivity index (χ1n) is 7.62. The van der Waals surface area contributed by atoms with E-state index >= 15 is 0 Å². The molecule has 0 N–H and O–H groups in total. The van der Waals surface area contributed by atoms with Crippen molar-refractivity contribution < 1.29 is 9.13 Å². The van der Waals surface area contributed by atoms with Crippen LogP contribution < -0.4 is 9.64 Å². The molecule has 1 fully saturated rings. The lowest BCUT2D eigenvalue weighted by atomic mass is 10.1. The molecule has 0 atom stereocenters. The molecular weight excluding hydrogens is 311 g/mol. The summed E-state index contributed by atoms with van der Waals surface area (Å²) < 4.78 is 19.0. The van der Waals surface area contributed by atoms with Gasteiger partial charge in [-0.15, -0.1) is 0 Å². The van der Waals surface area contributed by atoms with E-state index in [0.29, 0.717) is 5.69 Å². The number of methoxy groups -OCH3 is 1. The normalized spacial score (nSPS) is 14.7. The number of hydrogen-bond donors (Lipinski definition) is 0. The zero-order valence-electron chi connectivity index (χ0n) is 13.0. The maximum Gasteiger partial charge on any atom is 0.146 e. The fourth-order valence-electron chi connectivity index (χ4n) is 2.77. The summed E-state index contributed by atoms with van der Waals surface area (Å²) >= 11 is 5.59. The second-order valence-corrected chi connectivity index (χ2v) is 5.85. The van der Waals surface area contributed by atoms with E-state index in [1.807, 2.05) is 36.4 Å². The van der Waals surface area contributed by atoms with Crippen molar-refractivity contribution in [2.45, 2.75) is 0 Å². The molecule has 2 aromatic rings. The minimum atomic E-state index is -0.168. The summed E-state index contributed by atoms with van der Waals surface area (Å²) in [6.45, 7) is 3.10. The van der Waals surface area contributed by atoms with Gasteiger partial charge in [0.25, 0.3) is 0 Å². The molecule has 120 valence electrons. The fraction of sp³-hybridized carbons (Fsp3) is 0.278. The summed E-state index contributed by atoms with van der Waals surface area (Å²) in [5.74, 6) is 0.652. The third kappa shape index (κ3) is 3.45. The zero-order chi connectivity index (χ0) is 16.2. The van der Waals surface area contributed by atoms with Crippen molar-refractivity contribution >= 4 is 22.9 Å². The van der Waals surface area contributed by atoms with Crippen LogP contribution in [0.2, 0.25) is 0 Å². The summed E-state index contributed by atoms with van der Waals surface area (Å²) in [6.07, 6.45) is 0. The van der Waals surface area contributed by atoms with Crippen molar-refractivity contribution in [3.05, 3.63) is 59.9 Å². The van der Waals surface area contributed by atoms with Crippen molar-refractivity contribution in [3.63, 3.8) is 0 Å². The van der Waals surface area contributed by atoms with E-state index in [9.17, 15) is 4.39 Å². The van der Waals surface area contributed by atoms with Crippen LogP contribution >= 0.6 is 12.2 Å². The van der Waals surface area contributed by atoms with E-state index in [1.165, 1.54) is 6.07 Å². The average molecular weight is 330 g/mol. The van der Waals surface area contributed by atoms with Crippen LogP contribution in [0.1, 0.15) is 5.56 Å². The molecule has 0 unspecified atom stereocenters. The third-order valence-electron chi connectivity index (χ3n) is 4.10. The van der Waals surface area contributed by atoms with E-state index in [0.717, 1.165) is 42.5 Å². The number of hydrogen-bond acceptors (Lipinski definition) is 3. The summed E-state index contributed by atoms with van der Waals surface area (Å²) in [6, 6.07) is 14.7. The van der Waals surface area contributed by atoms with Gasteiger partial charge < -0.3 is 14.5 Å². The summed E-state index contributed by atoms with van der Waals surface area (Å²) in [7, 11) is 1.65. The van der Waals surface area contributed by atoms with E-state index < -0.39 is 0 Å². The average Bonchev–Trinajstić information content (AvgIpc) is 2.62. The first-order valence-corrected chi connectivity index (χ1v) is 8.02. The van der Waals surface area contributed by atoms with Crippen molar-refractivity contribution in [2.24, 2.45) is 0 Å². The topological polar surface area (TPSA) is 15.7 Å². The number of nitrogens with zero attached hydrogens (tertiary/aromatic N) is 2. The Bertz CT molecular complexity index is 682. The molecule has 5 heteroatoms. The fourth-order valence-corrected chi connectivity index (χ4v) is 3.09. The third-order valence-corrected chi connectivity index (χ3v) is 4.59. The van der Waals surface area contributed by atoms with Gasteiger partial charge in [-0.25, -0.2) is 4.39 Å². The van der Waals surface area contributed by atoms with Crippen LogP contribution in [0.4, 0.5) is 10.1 Å². The Morgan fingerprint density at radius 2 is 1.65 bits per heavy atom. The van der Waals surface area contributed by atoms with Gasteiger partial charge in [0.05, 0.1) is 12.8 Å². The number of benzene rings is 2. The van der Waals surface area contributed by atoms with Crippen LogP contribution in [-0.4, -0.2) is 43.2 Å².